The molecule has 0 spiro atoms. The van der Waals surface area contributed by atoms with Crippen LogP contribution < -0.4 is 54.6 Å². The lowest BCUT2D eigenvalue weighted by atomic mass is 9.59. The molecule has 1 aromatic heterocycles. The van der Waals surface area contributed by atoms with Crippen molar-refractivity contribution in [2.45, 2.75) is 13.3 Å². The highest BCUT2D eigenvalue weighted by atomic mass is 15.1. The van der Waals surface area contributed by atoms with Gasteiger partial charge in [-0.15, -0.1) is 32.8 Å². The van der Waals surface area contributed by atoms with Gasteiger partial charge in [0.25, 0.3) is 0 Å². The summed E-state index contributed by atoms with van der Waals surface area (Å²) in [6.07, 6.45) is 0.687. The minimum absolute atomic E-state index is 0.125. The Balaban J connectivity index is 1.74. The molecule has 0 aliphatic carbocycles. The van der Waals surface area contributed by atoms with Crippen molar-refractivity contribution in [2.24, 2.45) is 0 Å². The molecule has 6 aromatic carbocycles. The minimum Gasteiger partial charge on any atom is -0.295 e. The number of nitrogens with zero attached hydrogens (tertiary/aromatic N) is 2. The van der Waals surface area contributed by atoms with Gasteiger partial charge < -0.3 is 0 Å². The Labute approximate surface area is 288 Å². The van der Waals surface area contributed by atoms with E-state index in [1.165, 1.54) is 0 Å². The average molecular weight is 573 g/mol. The Bertz CT molecular complexity index is 2410. The maximum atomic E-state index is 6.73. The number of aromatic nitrogens is 2. The lowest BCUT2D eigenvalue weighted by molar-refractivity contribution is 0.917. The molecule has 0 bridgehead atoms. The van der Waals surface area contributed by atoms with Crippen LogP contribution in [0.2, 0.25) is 0 Å². The molecule has 7 aromatic rings. The molecule has 0 fully saturated rings. The van der Waals surface area contributed by atoms with E-state index in [4.69, 9.17) is 83.4 Å². The molecule has 0 aliphatic heterocycles. The van der Waals surface area contributed by atoms with E-state index in [0.717, 1.165) is 44.1 Å². The molecule has 20 radical (unpaired) electrons. The molecule has 47 heavy (non-hydrogen) atoms. The predicted molar refractivity (Wildman–Crippen MR) is 210 cm³/mol. The van der Waals surface area contributed by atoms with Crippen LogP contribution in [0.25, 0.3) is 60.5 Å². The highest BCUT2D eigenvalue weighted by Gasteiger charge is 2.24. The first-order valence-electron chi connectivity index (χ1n) is 15.0. The van der Waals surface area contributed by atoms with Crippen molar-refractivity contribution in [1.82, 2.24) is 9.55 Å². The van der Waals surface area contributed by atoms with Gasteiger partial charge in [-0.1, -0.05) is 77.3 Å². The third kappa shape index (κ3) is 4.58. The van der Waals surface area contributed by atoms with Crippen molar-refractivity contribution in [1.29, 1.82) is 0 Å². The zero-order valence-electron chi connectivity index (χ0n) is 25.7. The number of fused-ring (bicyclic) bond motifs is 3. The topological polar surface area (TPSA) is 17.8 Å². The van der Waals surface area contributed by atoms with E-state index in [1.54, 1.807) is 0 Å². The zero-order valence-corrected chi connectivity index (χ0v) is 25.7. The Morgan fingerprint density at radius 2 is 0.979 bits per heavy atom. The third-order valence-electron chi connectivity index (χ3n) is 9.10. The normalized spacial score (nSPS) is 11.6. The number of aryl methyl sites for hydroxylation is 1. The maximum Gasteiger partial charge on any atom is 0.114 e. The van der Waals surface area contributed by atoms with Gasteiger partial charge in [-0.25, -0.2) is 4.98 Å². The predicted octanol–water partition coefficient (Wildman–Crippen LogP) is -2.83. The lowest BCUT2D eigenvalue weighted by Crippen LogP contribution is -2.55. The molecule has 0 N–H and O–H groups in total. The van der Waals surface area contributed by atoms with Crippen LogP contribution in [0, 0.1) is 0 Å². The van der Waals surface area contributed by atoms with E-state index in [2.05, 4.69) is 23.6 Å². The molecule has 2 nitrogen and oxygen atoms in total. The van der Waals surface area contributed by atoms with Gasteiger partial charge in [-0.05, 0) is 51.2 Å². The van der Waals surface area contributed by atoms with Crippen molar-refractivity contribution >= 4 is 166 Å². The van der Waals surface area contributed by atoms with E-state index in [-0.39, 0.29) is 54.6 Å². The first kappa shape index (κ1) is 31.6. The Hall–Kier alpha value is -4.04. The van der Waals surface area contributed by atoms with Gasteiger partial charge >= 0.3 is 0 Å². The fourth-order valence-corrected chi connectivity index (χ4v) is 6.66. The lowest BCUT2D eigenvalue weighted by Gasteiger charge is -2.26. The fourth-order valence-electron chi connectivity index (χ4n) is 6.66. The van der Waals surface area contributed by atoms with E-state index < -0.39 is 0 Å². The fraction of sp³-hybridized carbons (Fsp3) is 0.0571. The Morgan fingerprint density at radius 1 is 0.489 bits per heavy atom. The second kappa shape index (κ2) is 11.6. The van der Waals surface area contributed by atoms with Crippen LogP contribution in [0.15, 0.2) is 66.7 Å². The molecule has 0 atom stereocenters. The van der Waals surface area contributed by atoms with Crippen LogP contribution in [0.4, 0.5) is 0 Å². The number of hydrogen-bond acceptors (Lipinski definition) is 1. The molecule has 196 valence electrons. The van der Waals surface area contributed by atoms with Gasteiger partial charge in [0, 0.05) is 17.2 Å². The SMILES string of the molecule is [B]c1c([B])c([B])c(-c2ccc3c(-n4c(CC)nc5ccccc54)c4ccccc4c(-c4c([B])c([B])c([B])c([B])c4[B])c3c2)c([B])c1[B]. The summed E-state index contributed by atoms with van der Waals surface area (Å²) in [6, 6.07) is 21.9. The number of rotatable bonds is 4. The molecule has 7 rings (SSSR count). The first-order chi connectivity index (χ1) is 22.5. The number of imidazole rings is 1. The average Bonchev–Trinajstić information content (AvgIpc) is 3.46. The van der Waals surface area contributed by atoms with Gasteiger partial charge in [0.05, 0.1) is 16.7 Å². The van der Waals surface area contributed by atoms with Crippen molar-refractivity contribution in [3.05, 3.63) is 72.6 Å². The molecule has 12 heteroatoms. The summed E-state index contributed by atoms with van der Waals surface area (Å²) in [4.78, 5) is 4.98. The molecule has 0 amide bonds. The van der Waals surface area contributed by atoms with E-state index >= 15 is 0 Å². The van der Waals surface area contributed by atoms with Crippen LogP contribution in [0.1, 0.15) is 12.7 Å². The Kier molecular flexibility index (Phi) is 7.78. The summed E-state index contributed by atoms with van der Waals surface area (Å²) >= 11 is 0. The smallest absolute Gasteiger partial charge is 0.114 e. The third-order valence-corrected chi connectivity index (χ3v) is 9.10. The second-order valence-electron chi connectivity index (χ2n) is 11.6. The summed E-state index contributed by atoms with van der Waals surface area (Å²) < 4.78 is 2.20. The monoisotopic (exact) mass is 574 g/mol. The zero-order chi connectivity index (χ0) is 33.5. The van der Waals surface area contributed by atoms with Gasteiger partial charge in [-0.2, -0.15) is 0 Å². The van der Waals surface area contributed by atoms with Gasteiger partial charge in [0.2, 0.25) is 0 Å². The summed E-state index contributed by atoms with van der Waals surface area (Å²) in [5.74, 6) is 0.891. The number of hydrogen-bond donors (Lipinski definition) is 0. The quantitative estimate of drug-likeness (QED) is 0.164. The van der Waals surface area contributed by atoms with Crippen molar-refractivity contribution in [3.8, 4) is 27.9 Å². The summed E-state index contributed by atoms with van der Waals surface area (Å²) in [5, 5.41) is 3.38. The highest BCUT2D eigenvalue weighted by molar-refractivity contribution is 6.70. The summed E-state index contributed by atoms with van der Waals surface area (Å²) in [6.45, 7) is 2.08. The molecule has 1 heterocycles. The standard InChI is InChI=1S/C35H16B10N2/c1-2-21-46-19-9-5-6-10-20(19)47(21)35-16-8-4-3-7-15(16)23(24-27(38)31(42)34(45)32(43)28(24)39)18-13-14(11-12-17(18)35)22-25(36)29(40)33(44)30(41)26(22)37/h3-13H,2H2,1H3. The van der Waals surface area contributed by atoms with Gasteiger partial charge in [0.1, 0.15) is 84.3 Å². The second-order valence-corrected chi connectivity index (χ2v) is 11.6. The van der Waals surface area contributed by atoms with Crippen LogP contribution in [-0.2, 0) is 6.42 Å². The van der Waals surface area contributed by atoms with Gasteiger partial charge in [0.15, 0.2) is 0 Å². The molecular weight excluding hydrogens is 557 g/mol. The van der Waals surface area contributed by atoms with Crippen molar-refractivity contribution < 1.29 is 0 Å². The number of benzene rings is 6. The molecule has 0 saturated heterocycles. The van der Waals surface area contributed by atoms with Gasteiger partial charge in [-0.3, -0.25) is 4.57 Å². The molecule has 0 unspecified atom stereocenters. The van der Waals surface area contributed by atoms with Crippen LogP contribution >= 0.6 is 0 Å². The van der Waals surface area contributed by atoms with Crippen LogP contribution in [0.5, 0.6) is 0 Å². The van der Waals surface area contributed by atoms with Crippen LogP contribution in [0.3, 0.4) is 0 Å². The first-order valence-corrected chi connectivity index (χ1v) is 15.0. The molecule has 0 saturated carbocycles. The Morgan fingerprint density at radius 3 is 1.57 bits per heavy atom. The van der Waals surface area contributed by atoms with Crippen molar-refractivity contribution in [3.63, 3.8) is 0 Å². The highest BCUT2D eigenvalue weighted by Crippen LogP contribution is 2.42. The van der Waals surface area contributed by atoms with E-state index in [1.807, 2.05) is 54.6 Å². The van der Waals surface area contributed by atoms with Crippen LogP contribution in [-0.4, -0.2) is 88.0 Å². The minimum atomic E-state index is 0.125. The molecular formula is C35H16B10N2. The summed E-state index contributed by atoms with van der Waals surface area (Å²) in [7, 11) is 64.3. The van der Waals surface area contributed by atoms with E-state index in [0.29, 0.717) is 28.7 Å². The maximum absolute atomic E-state index is 6.73. The summed E-state index contributed by atoms with van der Waals surface area (Å²) in [5.41, 5.74) is 6.70. The largest absolute Gasteiger partial charge is 0.295 e. The van der Waals surface area contributed by atoms with Crippen molar-refractivity contribution in [2.75, 3.05) is 0 Å². The number of para-hydroxylation sites is 2. The van der Waals surface area contributed by atoms with E-state index in [9.17, 15) is 0 Å². The molecule has 0 aliphatic rings.